The molecule has 0 bridgehead atoms. The Labute approximate surface area is 100 Å². The predicted molar refractivity (Wildman–Crippen MR) is 64.3 cm³/mol. The molecule has 0 aliphatic heterocycles. The van der Waals surface area contributed by atoms with Gasteiger partial charge in [-0.15, -0.1) is 0 Å². The van der Waals surface area contributed by atoms with Crippen LogP contribution < -0.4 is 0 Å². The van der Waals surface area contributed by atoms with E-state index in [4.69, 9.17) is 5.26 Å². The van der Waals surface area contributed by atoms with Gasteiger partial charge in [-0.05, 0) is 19.5 Å². The minimum Gasteiger partial charge on any atom is -0.298 e. The molecule has 90 valence electrons. The second-order valence-electron chi connectivity index (χ2n) is 4.05. The Morgan fingerprint density at radius 2 is 2.29 bits per heavy atom. The maximum absolute atomic E-state index is 10.6. The van der Waals surface area contributed by atoms with Crippen LogP contribution in [0.25, 0.3) is 0 Å². The second-order valence-corrected chi connectivity index (χ2v) is 4.05. The highest BCUT2D eigenvalue weighted by atomic mass is 16.6. The van der Waals surface area contributed by atoms with Crippen molar-refractivity contribution in [2.24, 2.45) is 0 Å². The maximum Gasteiger partial charge on any atom is 0.269 e. The monoisotopic (exact) mass is 233 g/mol. The molecular formula is C12H15N3O2. The van der Waals surface area contributed by atoms with Crippen molar-refractivity contribution in [3.05, 3.63) is 39.9 Å². The van der Waals surface area contributed by atoms with E-state index >= 15 is 0 Å². The van der Waals surface area contributed by atoms with Gasteiger partial charge in [0.05, 0.1) is 17.4 Å². The summed E-state index contributed by atoms with van der Waals surface area (Å²) in [5, 5.41) is 19.2. The van der Waals surface area contributed by atoms with Crippen molar-refractivity contribution in [1.29, 1.82) is 5.26 Å². The van der Waals surface area contributed by atoms with Crippen molar-refractivity contribution in [2.75, 3.05) is 7.05 Å². The molecule has 0 aliphatic rings. The largest absolute Gasteiger partial charge is 0.298 e. The minimum atomic E-state index is -0.401. The molecular weight excluding hydrogens is 218 g/mol. The van der Waals surface area contributed by atoms with Crippen LogP contribution in [0.5, 0.6) is 0 Å². The summed E-state index contributed by atoms with van der Waals surface area (Å²) in [5.41, 5.74) is 0.982. The molecule has 1 aromatic carbocycles. The number of nitriles is 1. The molecule has 0 N–H and O–H groups in total. The van der Waals surface area contributed by atoms with E-state index < -0.39 is 4.92 Å². The predicted octanol–water partition coefficient (Wildman–Crippen LogP) is 2.33. The Kier molecular flexibility index (Phi) is 4.61. The molecule has 0 radical (unpaired) electrons. The van der Waals surface area contributed by atoms with Crippen LogP contribution in [0.2, 0.25) is 0 Å². The van der Waals surface area contributed by atoms with Crippen LogP contribution in [0.1, 0.15) is 18.9 Å². The first-order valence-electron chi connectivity index (χ1n) is 5.35. The summed E-state index contributed by atoms with van der Waals surface area (Å²) in [6, 6.07) is 8.82. The van der Waals surface area contributed by atoms with E-state index in [1.54, 1.807) is 12.1 Å². The molecule has 1 unspecified atom stereocenters. The quantitative estimate of drug-likeness (QED) is 0.578. The first-order chi connectivity index (χ1) is 8.04. The second kappa shape index (κ2) is 5.97. The molecule has 5 nitrogen and oxygen atoms in total. The van der Waals surface area contributed by atoms with E-state index in [0.29, 0.717) is 13.0 Å². The van der Waals surface area contributed by atoms with Gasteiger partial charge in [0.15, 0.2) is 0 Å². The van der Waals surface area contributed by atoms with Crippen molar-refractivity contribution < 1.29 is 4.92 Å². The zero-order valence-corrected chi connectivity index (χ0v) is 9.96. The first kappa shape index (κ1) is 13.1. The van der Waals surface area contributed by atoms with Gasteiger partial charge in [-0.25, -0.2) is 0 Å². The van der Waals surface area contributed by atoms with Crippen LogP contribution in [0.3, 0.4) is 0 Å². The molecule has 1 aromatic rings. The van der Waals surface area contributed by atoms with Crippen LogP contribution in [-0.2, 0) is 6.54 Å². The fourth-order valence-corrected chi connectivity index (χ4v) is 1.50. The summed E-state index contributed by atoms with van der Waals surface area (Å²) in [6.45, 7) is 2.56. The van der Waals surface area contributed by atoms with Crippen LogP contribution >= 0.6 is 0 Å². The molecule has 0 fully saturated rings. The lowest BCUT2D eigenvalue weighted by Gasteiger charge is -2.22. The maximum atomic E-state index is 10.6. The van der Waals surface area contributed by atoms with Crippen LogP contribution in [0, 0.1) is 21.4 Å². The Morgan fingerprint density at radius 3 is 2.88 bits per heavy atom. The van der Waals surface area contributed by atoms with E-state index in [0.717, 1.165) is 5.56 Å². The van der Waals surface area contributed by atoms with Gasteiger partial charge < -0.3 is 0 Å². The lowest BCUT2D eigenvalue weighted by molar-refractivity contribution is -0.384. The smallest absolute Gasteiger partial charge is 0.269 e. The number of hydrogen-bond acceptors (Lipinski definition) is 4. The molecule has 1 atom stereocenters. The van der Waals surface area contributed by atoms with Crippen molar-refractivity contribution in [3.8, 4) is 6.07 Å². The van der Waals surface area contributed by atoms with Gasteiger partial charge in [0.1, 0.15) is 0 Å². The topological polar surface area (TPSA) is 70.2 Å². The van der Waals surface area contributed by atoms with E-state index in [9.17, 15) is 10.1 Å². The van der Waals surface area contributed by atoms with E-state index in [1.165, 1.54) is 6.07 Å². The fraction of sp³-hybridized carbons (Fsp3) is 0.417. The molecule has 0 spiro atoms. The molecule has 5 heteroatoms. The van der Waals surface area contributed by atoms with Crippen molar-refractivity contribution in [3.63, 3.8) is 0 Å². The number of rotatable bonds is 5. The molecule has 0 saturated heterocycles. The summed E-state index contributed by atoms with van der Waals surface area (Å²) in [5.74, 6) is 0. The Bertz CT molecular complexity index is 440. The van der Waals surface area contributed by atoms with E-state index in [-0.39, 0.29) is 11.7 Å². The van der Waals surface area contributed by atoms with Crippen molar-refractivity contribution in [2.45, 2.75) is 25.9 Å². The lowest BCUT2D eigenvalue weighted by Crippen LogP contribution is -2.28. The van der Waals surface area contributed by atoms with Crippen LogP contribution in [0.15, 0.2) is 24.3 Å². The third kappa shape index (κ3) is 3.85. The third-order valence-corrected chi connectivity index (χ3v) is 2.69. The summed E-state index contributed by atoms with van der Waals surface area (Å²) in [4.78, 5) is 12.2. The lowest BCUT2D eigenvalue weighted by atomic mass is 10.1. The molecule has 0 aliphatic carbocycles. The zero-order chi connectivity index (χ0) is 12.8. The average molecular weight is 233 g/mol. The molecule has 0 heterocycles. The molecule has 17 heavy (non-hydrogen) atoms. The number of hydrogen-bond donors (Lipinski definition) is 0. The van der Waals surface area contributed by atoms with E-state index in [2.05, 4.69) is 6.07 Å². The summed E-state index contributed by atoms with van der Waals surface area (Å²) >= 11 is 0. The summed E-state index contributed by atoms with van der Waals surface area (Å²) in [7, 11) is 1.90. The van der Waals surface area contributed by atoms with Gasteiger partial charge in [0, 0.05) is 24.7 Å². The first-order valence-corrected chi connectivity index (χ1v) is 5.35. The highest BCUT2D eigenvalue weighted by Gasteiger charge is 2.11. The minimum absolute atomic E-state index is 0.101. The van der Waals surface area contributed by atoms with Crippen molar-refractivity contribution >= 4 is 5.69 Å². The Morgan fingerprint density at radius 1 is 1.59 bits per heavy atom. The summed E-state index contributed by atoms with van der Waals surface area (Å²) in [6.07, 6.45) is 0.450. The molecule has 0 amide bonds. The third-order valence-electron chi connectivity index (χ3n) is 2.69. The van der Waals surface area contributed by atoms with Crippen LogP contribution in [-0.4, -0.2) is 22.9 Å². The molecule has 0 aromatic heterocycles. The van der Waals surface area contributed by atoms with Gasteiger partial charge in [-0.2, -0.15) is 5.26 Å². The number of non-ortho nitro benzene ring substituents is 1. The number of nitro groups is 1. The standard InChI is InChI=1S/C12H15N3O2/c1-10(6-7-13)14(2)9-11-4-3-5-12(8-11)15(16)17/h3-5,8,10H,6,9H2,1-2H3. The normalized spacial score (nSPS) is 12.1. The summed E-state index contributed by atoms with van der Waals surface area (Å²) < 4.78 is 0. The van der Waals surface area contributed by atoms with Gasteiger partial charge in [0.25, 0.3) is 5.69 Å². The Hall–Kier alpha value is -1.93. The van der Waals surface area contributed by atoms with Gasteiger partial charge in [-0.3, -0.25) is 15.0 Å². The Balaban J connectivity index is 2.72. The number of benzene rings is 1. The average Bonchev–Trinajstić information content (AvgIpc) is 2.29. The highest BCUT2D eigenvalue weighted by Crippen LogP contribution is 2.15. The van der Waals surface area contributed by atoms with Crippen molar-refractivity contribution in [1.82, 2.24) is 4.90 Å². The van der Waals surface area contributed by atoms with E-state index in [1.807, 2.05) is 24.9 Å². The zero-order valence-electron chi connectivity index (χ0n) is 9.96. The van der Waals surface area contributed by atoms with Crippen LogP contribution in [0.4, 0.5) is 5.69 Å². The van der Waals surface area contributed by atoms with Gasteiger partial charge >= 0.3 is 0 Å². The SMILES string of the molecule is CC(CC#N)N(C)Cc1cccc([N+](=O)[O-])c1. The number of nitrogens with zero attached hydrogens (tertiary/aromatic N) is 3. The fourth-order valence-electron chi connectivity index (χ4n) is 1.50. The molecule has 0 saturated carbocycles. The number of nitro benzene ring substituents is 1. The van der Waals surface area contributed by atoms with Gasteiger partial charge in [-0.1, -0.05) is 12.1 Å². The highest BCUT2D eigenvalue weighted by molar-refractivity contribution is 5.34. The van der Waals surface area contributed by atoms with Gasteiger partial charge in [0.2, 0.25) is 0 Å². The molecule has 1 rings (SSSR count).